The number of fused-ring (bicyclic) bond motifs is 1. The van der Waals surface area contributed by atoms with E-state index < -0.39 is 5.82 Å². The van der Waals surface area contributed by atoms with E-state index in [1.165, 1.54) is 0 Å². The van der Waals surface area contributed by atoms with E-state index in [4.69, 9.17) is 10.8 Å². The van der Waals surface area contributed by atoms with Gasteiger partial charge in [0.15, 0.2) is 0 Å². The van der Waals surface area contributed by atoms with Crippen LogP contribution in [0.15, 0.2) is 43.1 Å². The van der Waals surface area contributed by atoms with E-state index in [0.717, 1.165) is 54.8 Å². The molecule has 0 bridgehead atoms. The van der Waals surface area contributed by atoms with Crippen LogP contribution in [0.25, 0.3) is 22.3 Å². The molecule has 39 heavy (non-hydrogen) atoms. The zero-order chi connectivity index (χ0) is 27.1. The van der Waals surface area contributed by atoms with Gasteiger partial charge in [-0.2, -0.15) is 10.4 Å². The summed E-state index contributed by atoms with van der Waals surface area (Å²) in [6.07, 6.45) is 9.34. The number of nitriles is 1. The number of aromatic nitrogens is 5. The van der Waals surface area contributed by atoms with Gasteiger partial charge in [0.05, 0.1) is 17.6 Å². The van der Waals surface area contributed by atoms with Gasteiger partial charge in [-0.1, -0.05) is 6.07 Å². The highest BCUT2D eigenvalue weighted by molar-refractivity contribution is 5.90. The van der Waals surface area contributed by atoms with Crippen molar-refractivity contribution in [3.63, 3.8) is 0 Å². The molecule has 2 saturated heterocycles. The molecule has 2 atom stereocenters. The van der Waals surface area contributed by atoms with Crippen LogP contribution in [0.2, 0.25) is 0 Å². The van der Waals surface area contributed by atoms with Crippen molar-refractivity contribution in [1.82, 2.24) is 34.5 Å². The predicted octanol–water partition coefficient (Wildman–Crippen LogP) is 2.90. The Morgan fingerprint density at radius 3 is 2.87 bits per heavy atom. The lowest BCUT2D eigenvalue weighted by Gasteiger charge is -2.55. The first-order valence-corrected chi connectivity index (χ1v) is 13.4. The maximum absolute atomic E-state index is 15.0. The third-order valence-corrected chi connectivity index (χ3v) is 8.55. The van der Waals surface area contributed by atoms with Crippen LogP contribution in [0, 0.1) is 17.1 Å². The molecule has 0 aliphatic carbocycles. The third kappa shape index (κ3) is 4.34. The molecule has 0 amide bonds. The SMILES string of the molecule is CNc1ccc(CN2CCC(N3CC(CN)(n4cc(-c5ncnc6[nH]ccc56)cn4)C3)CC2C)c(F)c1C#N. The fourth-order valence-electron chi connectivity index (χ4n) is 6.18. The topological polar surface area (TPSA) is 128 Å². The number of piperidine rings is 1. The number of benzene rings is 1. The van der Waals surface area contributed by atoms with Crippen LogP contribution in [0.4, 0.5) is 10.1 Å². The minimum atomic E-state index is -0.424. The van der Waals surface area contributed by atoms with Gasteiger partial charge >= 0.3 is 0 Å². The van der Waals surface area contributed by atoms with Crippen molar-refractivity contribution in [2.75, 3.05) is 38.5 Å². The van der Waals surface area contributed by atoms with Gasteiger partial charge in [0, 0.05) is 80.8 Å². The van der Waals surface area contributed by atoms with Gasteiger partial charge in [0.25, 0.3) is 0 Å². The van der Waals surface area contributed by atoms with E-state index in [1.54, 1.807) is 25.5 Å². The molecule has 11 heteroatoms. The van der Waals surface area contributed by atoms with Crippen molar-refractivity contribution in [3.8, 4) is 17.3 Å². The van der Waals surface area contributed by atoms with Gasteiger partial charge in [-0.25, -0.2) is 14.4 Å². The van der Waals surface area contributed by atoms with Gasteiger partial charge in [0.2, 0.25) is 0 Å². The Balaban J connectivity index is 1.11. The average Bonchev–Trinajstić information content (AvgIpc) is 3.61. The number of likely N-dealkylation sites (tertiary alicyclic amines) is 2. The summed E-state index contributed by atoms with van der Waals surface area (Å²) in [5.41, 5.74) is 9.85. The van der Waals surface area contributed by atoms with Crippen LogP contribution >= 0.6 is 0 Å². The lowest BCUT2D eigenvalue weighted by atomic mass is 9.85. The number of hydrogen-bond donors (Lipinski definition) is 3. The normalized spacial score (nSPS) is 21.5. The lowest BCUT2D eigenvalue weighted by molar-refractivity contribution is -0.0495. The van der Waals surface area contributed by atoms with E-state index in [-0.39, 0.29) is 11.1 Å². The monoisotopic (exact) mass is 528 g/mol. The zero-order valence-electron chi connectivity index (χ0n) is 22.2. The fraction of sp³-hybridized carbons (Fsp3) is 0.429. The van der Waals surface area contributed by atoms with Gasteiger partial charge in [0.1, 0.15) is 35.0 Å². The molecule has 3 aromatic heterocycles. The van der Waals surface area contributed by atoms with Gasteiger partial charge in [-0.05, 0) is 31.9 Å². The molecule has 2 aliphatic heterocycles. The Morgan fingerprint density at radius 1 is 1.28 bits per heavy atom. The molecule has 4 N–H and O–H groups in total. The summed E-state index contributed by atoms with van der Waals surface area (Å²) < 4.78 is 17.0. The largest absolute Gasteiger partial charge is 0.387 e. The second-order valence-corrected chi connectivity index (χ2v) is 10.8. The molecule has 6 rings (SSSR count). The number of anilines is 1. The Morgan fingerprint density at radius 2 is 2.13 bits per heavy atom. The van der Waals surface area contributed by atoms with Crippen LogP contribution in [-0.4, -0.2) is 79.8 Å². The molecule has 1 aromatic carbocycles. The summed E-state index contributed by atoms with van der Waals surface area (Å²) >= 11 is 0. The van der Waals surface area contributed by atoms with Gasteiger partial charge in [-0.3, -0.25) is 14.5 Å². The van der Waals surface area contributed by atoms with E-state index in [0.29, 0.717) is 36.4 Å². The molecule has 4 aromatic rings. The molecule has 0 radical (unpaired) electrons. The maximum atomic E-state index is 15.0. The molecule has 2 unspecified atom stereocenters. The van der Waals surface area contributed by atoms with Crippen LogP contribution in [0.1, 0.15) is 30.9 Å². The molecular formula is C28H33FN10. The summed E-state index contributed by atoms with van der Waals surface area (Å²) in [6, 6.07) is 8.28. The van der Waals surface area contributed by atoms with Gasteiger partial charge < -0.3 is 16.0 Å². The first-order valence-electron chi connectivity index (χ1n) is 13.4. The molecule has 0 saturated carbocycles. The smallest absolute Gasteiger partial charge is 0.147 e. The number of nitrogens with two attached hydrogens (primary N) is 1. The predicted molar refractivity (Wildman–Crippen MR) is 147 cm³/mol. The second-order valence-electron chi connectivity index (χ2n) is 10.8. The molecule has 202 valence electrons. The summed E-state index contributed by atoms with van der Waals surface area (Å²) in [7, 11) is 1.70. The summed E-state index contributed by atoms with van der Waals surface area (Å²) in [4.78, 5) is 16.7. The van der Waals surface area contributed by atoms with Crippen LogP contribution < -0.4 is 11.1 Å². The van der Waals surface area contributed by atoms with E-state index >= 15 is 4.39 Å². The highest BCUT2D eigenvalue weighted by Crippen LogP contribution is 2.36. The van der Waals surface area contributed by atoms with Crippen LogP contribution in [0.3, 0.4) is 0 Å². The van der Waals surface area contributed by atoms with Crippen molar-refractivity contribution < 1.29 is 4.39 Å². The Bertz CT molecular complexity index is 1530. The fourth-order valence-corrected chi connectivity index (χ4v) is 6.18. The number of nitrogens with one attached hydrogen (secondary N) is 2. The summed E-state index contributed by atoms with van der Waals surface area (Å²) in [6.45, 7) is 5.77. The van der Waals surface area contributed by atoms with Crippen molar-refractivity contribution >= 4 is 16.7 Å². The van der Waals surface area contributed by atoms with Crippen LogP contribution in [-0.2, 0) is 12.1 Å². The van der Waals surface area contributed by atoms with E-state index in [1.807, 2.05) is 35.4 Å². The number of halogens is 1. The van der Waals surface area contributed by atoms with E-state index in [2.05, 4.69) is 37.0 Å². The third-order valence-electron chi connectivity index (χ3n) is 8.55. The highest BCUT2D eigenvalue weighted by atomic mass is 19.1. The Hall–Kier alpha value is -3.85. The average molecular weight is 529 g/mol. The summed E-state index contributed by atoms with van der Waals surface area (Å²) in [5, 5.41) is 18.0. The molecule has 2 aliphatic rings. The number of nitrogens with zero attached hydrogens (tertiary/aromatic N) is 7. The number of rotatable bonds is 7. The minimum Gasteiger partial charge on any atom is -0.387 e. The second kappa shape index (κ2) is 10.0. The minimum absolute atomic E-state index is 0.0789. The number of aromatic amines is 1. The molecule has 2 fully saturated rings. The lowest BCUT2D eigenvalue weighted by Crippen LogP contribution is -2.69. The highest BCUT2D eigenvalue weighted by Gasteiger charge is 2.47. The maximum Gasteiger partial charge on any atom is 0.147 e. The Labute approximate surface area is 226 Å². The van der Waals surface area contributed by atoms with Crippen molar-refractivity contribution in [3.05, 3.63) is 60.1 Å². The number of H-pyrrole nitrogens is 1. The molecule has 5 heterocycles. The first-order chi connectivity index (χ1) is 19.0. The standard InChI is InChI=1S/C28H33FN10/c1-18-9-21(6-8-37(18)12-19-3-4-24(32-2)23(10-30)25(19)29)38-15-28(14-31,16-38)39-13-20(11-36-39)26-22-5-7-33-27(22)35-17-34-26/h3-5,7,11,13,17-18,21,32H,6,8-9,12,14-16,31H2,1-2H3,(H,33,34,35). The van der Waals surface area contributed by atoms with Crippen molar-refractivity contribution in [1.29, 1.82) is 5.26 Å². The molecule has 10 nitrogen and oxygen atoms in total. The zero-order valence-corrected chi connectivity index (χ0v) is 22.2. The van der Waals surface area contributed by atoms with Crippen LogP contribution in [0.5, 0.6) is 0 Å². The van der Waals surface area contributed by atoms with Crippen molar-refractivity contribution in [2.45, 2.75) is 43.9 Å². The summed E-state index contributed by atoms with van der Waals surface area (Å²) in [5.74, 6) is -0.424. The Kier molecular flexibility index (Phi) is 6.54. The molecule has 0 spiro atoms. The first kappa shape index (κ1) is 25.4. The van der Waals surface area contributed by atoms with Crippen molar-refractivity contribution in [2.24, 2.45) is 5.73 Å². The quantitative estimate of drug-likeness (QED) is 0.334. The molecular weight excluding hydrogens is 495 g/mol. The van der Waals surface area contributed by atoms with Gasteiger partial charge in [-0.15, -0.1) is 0 Å². The van der Waals surface area contributed by atoms with E-state index in [9.17, 15) is 5.26 Å². The number of hydrogen-bond acceptors (Lipinski definition) is 8.